The molecule has 0 saturated heterocycles. The number of rotatable bonds is 7. The normalized spacial score (nSPS) is 12.3. The maximum absolute atomic E-state index is 10.8. The van der Waals surface area contributed by atoms with Gasteiger partial charge in [0.1, 0.15) is 0 Å². The Morgan fingerprint density at radius 3 is 2.00 bits per heavy atom. The summed E-state index contributed by atoms with van der Waals surface area (Å²) in [6, 6.07) is 0. The van der Waals surface area contributed by atoms with Crippen molar-refractivity contribution < 1.29 is 19.4 Å². The lowest BCUT2D eigenvalue weighted by molar-refractivity contribution is -0.164. The van der Waals surface area contributed by atoms with E-state index in [-0.39, 0.29) is 17.4 Å². The summed E-state index contributed by atoms with van der Waals surface area (Å²) in [6.45, 7) is 11.1. The fourth-order valence-electron chi connectivity index (χ4n) is 2.63. The van der Waals surface area contributed by atoms with E-state index >= 15 is 0 Å². The molecule has 0 spiro atoms. The van der Waals surface area contributed by atoms with E-state index in [1.807, 2.05) is 0 Å². The minimum absolute atomic E-state index is 0.0391. The molecule has 4 heteroatoms. The third-order valence-electron chi connectivity index (χ3n) is 3.07. The molecular formula is C14H26O4. The second kappa shape index (κ2) is 6.76. The topological polar surface area (TPSA) is 63.6 Å². The Kier molecular flexibility index (Phi) is 6.36. The number of carbonyl (C=O) groups is 2. The quantitative estimate of drug-likeness (QED) is 0.562. The number of carboxylic acids is 1. The Labute approximate surface area is 110 Å². The number of carboxylic acid groups (broad SMARTS) is 1. The largest absolute Gasteiger partial charge is 0.473 e. The van der Waals surface area contributed by atoms with Crippen LogP contribution in [0.1, 0.15) is 60.3 Å². The van der Waals surface area contributed by atoms with Crippen molar-refractivity contribution in [1.82, 2.24) is 0 Å². The van der Waals surface area contributed by atoms with E-state index in [2.05, 4.69) is 39.4 Å². The van der Waals surface area contributed by atoms with Crippen LogP contribution in [0, 0.1) is 10.8 Å². The Morgan fingerprint density at radius 2 is 1.56 bits per heavy atom. The van der Waals surface area contributed by atoms with Gasteiger partial charge < -0.3 is 9.84 Å². The first-order chi connectivity index (χ1) is 8.09. The van der Waals surface area contributed by atoms with Crippen LogP contribution in [0.25, 0.3) is 0 Å². The summed E-state index contributed by atoms with van der Waals surface area (Å²) in [5, 5.41) is 8.39. The lowest BCUT2D eigenvalue weighted by Crippen LogP contribution is -2.26. The molecule has 0 bridgehead atoms. The molecule has 0 aromatic carbocycles. The van der Waals surface area contributed by atoms with Crippen molar-refractivity contribution in [2.45, 2.75) is 60.3 Å². The van der Waals surface area contributed by atoms with Crippen molar-refractivity contribution >= 4 is 11.9 Å². The number of aliphatic carboxylic acids is 1. The van der Waals surface area contributed by atoms with Crippen molar-refractivity contribution in [2.75, 3.05) is 6.61 Å². The van der Waals surface area contributed by atoms with E-state index in [4.69, 9.17) is 5.11 Å². The summed E-state index contributed by atoms with van der Waals surface area (Å²) in [5.41, 5.74) is 0.298. The number of hydrogen-bond donors (Lipinski definition) is 1. The van der Waals surface area contributed by atoms with Crippen molar-refractivity contribution in [3.63, 3.8) is 0 Å². The van der Waals surface area contributed by atoms with Gasteiger partial charge >= 0.3 is 11.9 Å². The third-order valence-corrected chi connectivity index (χ3v) is 3.07. The average Bonchev–Trinajstić information content (AvgIpc) is 2.14. The predicted molar refractivity (Wildman–Crippen MR) is 70.3 cm³/mol. The first kappa shape index (κ1) is 16.9. The van der Waals surface area contributed by atoms with Crippen molar-refractivity contribution in [3.8, 4) is 0 Å². The predicted octanol–water partition coefficient (Wildman–Crippen LogP) is 3.25. The van der Waals surface area contributed by atoms with Crippen LogP contribution in [-0.4, -0.2) is 23.7 Å². The van der Waals surface area contributed by atoms with Crippen LogP contribution in [0.5, 0.6) is 0 Å². The van der Waals surface area contributed by atoms with Crippen LogP contribution in [0.3, 0.4) is 0 Å². The maximum Gasteiger partial charge on any atom is 0.417 e. The SMILES string of the molecule is CCCC(C)(C)CC(C)(C)CCOC(=O)C(=O)O. The van der Waals surface area contributed by atoms with E-state index in [9.17, 15) is 9.59 Å². The minimum atomic E-state index is -1.53. The molecule has 0 unspecified atom stereocenters. The molecule has 18 heavy (non-hydrogen) atoms. The van der Waals surface area contributed by atoms with Crippen LogP contribution in [0.4, 0.5) is 0 Å². The molecular weight excluding hydrogens is 232 g/mol. The van der Waals surface area contributed by atoms with E-state index in [1.54, 1.807) is 0 Å². The summed E-state index contributed by atoms with van der Waals surface area (Å²) in [6.07, 6.45) is 4.01. The molecule has 0 amide bonds. The second-order valence-electron chi connectivity index (χ2n) is 6.45. The highest BCUT2D eigenvalue weighted by molar-refractivity contribution is 6.28. The fraction of sp³-hybridized carbons (Fsp3) is 0.857. The molecule has 0 aromatic rings. The lowest BCUT2D eigenvalue weighted by atomic mass is 9.71. The Morgan fingerprint density at radius 1 is 1.06 bits per heavy atom. The molecule has 1 N–H and O–H groups in total. The summed E-state index contributed by atoms with van der Waals surface area (Å²) in [4.78, 5) is 21.1. The molecule has 4 nitrogen and oxygen atoms in total. The number of hydrogen-bond acceptors (Lipinski definition) is 3. The van der Waals surface area contributed by atoms with Gasteiger partial charge in [-0.25, -0.2) is 9.59 Å². The minimum Gasteiger partial charge on any atom is -0.473 e. The summed E-state index contributed by atoms with van der Waals surface area (Å²) in [7, 11) is 0. The van der Waals surface area contributed by atoms with E-state index in [0.29, 0.717) is 6.42 Å². The Bertz CT molecular complexity index is 292. The van der Waals surface area contributed by atoms with Crippen molar-refractivity contribution in [3.05, 3.63) is 0 Å². The van der Waals surface area contributed by atoms with Gasteiger partial charge in [-0.05, 0) is 30.1 Å². The molecule has 106 valence electrons. The van der Waals surface area contributed by atoms with Crippen molar-refractivity contribution in [2.24, 2.45) is 10.8 Å². The van der Waals surface area contributed by atoms with Gasteiger partial charge in [-0.3, -0.25) is 0 Å². The molecule has 0 saturated carbocycles. The highest BCUT2D eigenvalue weighted by atomic mass is 16.6. The fourth-order valence-corrected chi connectivity index (χ4v) is 2.63. The highest BCUT2D eigenvalue weighted by Crippen LogP contribution is 2.38. The first-order valence-corrected chi connectivity index (χ1v) is 6.50. The van der Waals surface area contributed by atoms with Crippen molar-refractivity contribution in [1.29, 1.82) is 0 Å². The number of ether oxygens (including phenoxy) is 1. The molecule has 0 aliphatic heterocycles. The average molecular weight is 258 g/mol. The summed E-state index contributed by atoms with van der Waals surface area (Å²) in [5.74, 6) is -2.70. The molecule has 0 atom stereocenters. The van der Waals surface area contributed by atoms with Crippen LogP contribution >= 0.6 is 0 Å². The van der Waals surface area contributed by atoms with E-state index in [0.717, 1.165) is 19.3 Å². The van der Waals surface area contributed by atoms with Gasteiger partial charge in [0.2, 0.25) is 0 Å². The molecule has 0 rings (SSSR count). The number of esters is 1. The third kappa shape index (κ3) is 7.30. The molecule has 0 heterocycles. The van der Waals surface area contributed by atoms with Gasteiger partial charge in [0.05, 0.1) is 6.61 Å². The summed E-state index contributed by atoms with van der Waals surface area (Å²) >= 11 is 0. The summed E-state index contributed by atoms with van der Waals surface area (Å²) < 4.78 is 4.68. The van der Waals surface area contributed by atoms with Gasteiger partial charge in [0.25, 0.3) is 0 Å². The van der Waals surface area contributed by atoms with Gasteiger partial charge in [-0.15, -0.1) is 0 Å². The monoisotopic (exact) mass is 258 g/mol. The number of carbonyl (C=O) groups excluding carboxylic acids is 1. The van der Waals surface area contributed by atoms with Crippen LogP contribution in [0.2, 0.25) is 0 Å². The Hall–Kier alpha value is -1.06. The van der Waals surface area contributed by atoms with Crippen LogP contribution in [0.15, 0.2) is 0 Å². The zero-order valence-corrected chi connectivity index (χ0v) is 12.2. The second-order valence-corrected chi connectivity index (χ2v) is 6.45. The van der Waals surface area contributed by atoms with Gasteiger partial charge in [0.15, 0.2) is 0 Å². The van der Waals surface area contributed by atoms with Gasteiger partial charge in [-0.2, -0.15) is 0 Å². The standard InChI is InChI=1S/C14H26O4/c1-6-7-13(2,3)10-14(4,5)8-9-18-12(17)11(15)16/h6-10H2,1-5H3,(H,15,16). The zero-order valence-electron chi connectivity index (χ0n) is 12.2. The van der Waals surface area contributed by atoms with Crippen LogP contribution in [-0.2, 0) is 14.3 Å². The highest BCUT2D eigenvalue weighted by Gasteiger charge is 2.28. The van der Waals surface area contributed by atoms with Crippen LogP contribution < -0.4 is 0 Å². The maximum atomic E-state index is 10.8. The molecule has 0 aliphatic rings. The molecule has 0 fully saturated rings. The molecule has 0 aromatic heterocycles. The van der Waals surface area contributed by atoms with E-state index in [1.165, 1.54) is 0 Å². The lowest BCUT2D eigenvalue weighted by Gasteiger charge is -2.34. The Balaban J connectivity index is 4.15. The smallest absolute Gasteiger partial charge is 0.417 e. The van der Waals surface area contributed by atoms with E-state index < -0.39 is 11.9 Å². The molecule has 0 aliphatic carbocycles. The van der Waals surface area contributed by atoms with Gasteiger partial charge in [-0.1, -0.05) is 41.0 Å². The molecule has 0 radical (unpaired) electrons. The first-order valence-electron chi connectivity index (χ1n) is 6.50. The zero-order chi connectivity index (χ0) is 14.4. The van der Waals surface area contributed by atoms with Gasteiger partial charge in [0, 0.05) is 0 Å².